The maximum atomic E-state index is 13.6. The van der Waals surface area contributed by atoms with Crippen LogP contribution in [0.4, 0.5) is 0 Å². The van der Waals surface area contributed by atoms with Crippen molar-refractivity contribution in [2.24, 2.45) is 11.8 Å². The van der Waals surface area contributed by atoms with Crippen molar-refractivity contribution in [3.63, 3.8) is 0 Å². The van der Waals surface area contributed by atoms with Crippen LogP contribution in [0.3, 0.4) is 0 Å². The lowest BCUT2D eigenvalue weighted by molar-refractivity contribution is -0.146. The summed E-state index contributed by atoms with van der Waals surface area (Å²) in [4.78, 5) is 59.9. The molecule has 0 aromatic rings. The maximum absolute atomic E-state index is 13.6. The molecule has 10 nitrogen and oxygen atoms in total. The quantitative estimate of drug-likeness (QED) is 0.0473. The number of nitrogens with zero attached hydrogens (tertiary/aromatic N) is 3. The van der Waals surface area contributed by atoms with Gasteiger partial charge in [-0.15, -0.1) is 0 Å². The third-order valence-corrected chi connectivity index (χ3v) is 19.6. The molecule has 0 saturated heterocycles. The molecule has 0 aromatic heterocycles. The lowest BCUT2D eigenvalue weighted by atomic mass is 9.91. The number of hydrogen-bond acceptors (Lipinski definition) is 8. The molecule has 1 aliphatic carbocycles. The van der Waals surface area contributed by atoms with E-state index in [-0.39, 0.29) is 18.0 Å². The Labute approximate surface area is 547 Å². The van der Waals surface area contributed by atoms with E-state index in [1.807, 2.05) is 0 Å². The van der Waals surface area contributed by atoms with Crippen LogP contribution < -0.4 is 0 Å². The zero-order chi connectivity index (χ0) is 64.0. The standard InChI is InChI=1S/C78H151N3O7/c1-7-13-19-25-29-39-53-71(51-37-21-15-9-3)69-87-77(85)57-43-35-49-67-80(65-45-23-17-11-5)75(83)55-41-31-27-33-47-63-79(73-59-61-74(82)62-60-73)64-48-34-28-32-42-56-76(84)81(66-46-24-18-12-6)68-50-36-44-58-78(86)88-70-72(52-38-22-16-10-4)54-40-30-26-20-14-8-2/h71-74,82H,7-70H2,1-6H3. The highest BCUT2D eigenvalue weighted by Crippen LogP contribution is 2.26. The van der Waals surface area contributed by atoms with Crippen LogP contribution in [0, 0.1) is 11.8 Å². The van der Waals surface area contributed by atoms with Gasteiger partial charge in [-0.1, -0.05) is 260 Å². The van der Waals surface area contributed by atoms with E-state index in [1.54, 1.807) is 0 Å². The number of carbonyl (C=O) groups is 4. The minimum absolute atomic E-state index is 0.0415. The maximum Gasteiger partial charge on any atom is 0.305 e. The molecule has 2 amide bonds. The summed E-state index contributed by atoms with van der Waals surface area (Å²) < 4.78 is 11.8. The van der Waals surface area contributed by atoms with Crippen LogP contribution in [0.1, 0.15) is 401 Å². The molecule has 1 fully saturated rings. The Morgan fingerprint density at radius 3 is 0.909 bits per heavy atom. The summed E-state index contributed by atoms with van der Waals surface area (Å²) in [6.45, 7) is 20.3. The molecular formula is C78H151N3O7. The highest BCUT2D eigenvalue weighted by atomic mass is 16.5. The summed E-state index contributed by atoms with van der Waals surface area (Å²) in [5, 5.41) is 10.3. The van der Waals surface area contributed by atoms with Crippen LogP contribution in [0.5, 0.6) is 0 Å². The molecule has 0 spiro atoms. The van der Waals surface area contributed by atoms with Crippen molar-refractivity contribution in [3.8, 4) is 0 Å². The van der Waals surface area contributed by atoms with Gasteiger partial charge in [0.05, 0.1) is 19.3 Å². The third kappa shape index (κ3) is 51.3. The van der Waals surface area contributed by atoms with Crippen molar-refractivity contribution in [1.29, 1.82) is 0 Å². The second-order valence-corrected chi connectivity index (χ2v) is 27.9. The van der Waals surface area contributed by atoms with E-state index < -0.39 is 0 Å². The van der Waals surface area contributed by atoms with Gasteiger partial charge in [-0.3, -0.25) is 19.2 Å². The molecule has 1 N–H and O–H groups in total. The average Bonchev–Trinajstić information content (AvgIpc) is 3.61. The van der Waals surface area contributed by atoms with E-state index in [2.05, 4.69) is 56.2 Å². The van der Waals surface area contributed by atoms with Crippen molar-refractivity contribution in [2.45, 2.75) is 413 Å². The van der Waals surface area contributed by atoms with Gasteiger partial charge >= 0.3 is 11.9 Å². The summed E-state index contributed by atoms with van der Waals surface area (Å²) in [7, 11) is 0. The molecule has 88 heavy (non-hydrogen) atoms. The zero-order valence-electron chi connectivity index (χ0n) is 59.8. The van der Waals surface area contributed by atoms with Crippen molar-refractivity contribution in [2.75, 3.05) is 52.5 Å². The van der Waals surface area contributed by atoms with Gasteiger partial charge in [-0.05, 0) is 141 Å². The van der Waals surface area contributed by atoms with Gasteiger partial charge in [0, 0.05) is 57.9 Å². The topological polar surface area (TPSA) is 117 Å². The summed E-state index contributed by atoms with van der Waals surface area (Å²) in [5.74, 6) is 1.54. The van der Waals surface area contributed by atoms with Crippen LogP contribution in [0.2, 0.25) is 0 Å². The van der Waals surface area contributed by atoms with Gasteiger partial charge in [0.1, 0.15) is 0 Å². The zero-order valence-corrected chi connectivity index (χ0v) is 59.8. The molecule has 2 unspecified atom stereocenters. The van der Waals surface area contributed by atoms with Crippen LogP contribution in [0.25, 0.3) is 0 Å². The Morgan fingerprint density at radius 2 is 0.568 bits per heavy atom. The van der Waals surface area contributed by atoms with E-state index in [0.29, 0.717) is 68.6 Å². The Hall–Kier alpha value is -2.20. The average molecular weight is 1240 g/mol. The van der Waals surface area contributed by atoms with Crippen molar-refractivity contribution in [1.82, 2.24) is 14.7 Å². The smallest absolute Gasteiger partial charge is 0.305 e. The molecule has 1 saturated carbocycles. The van der Waals surface area contributed by atoms with E-state index in [4.69, 9.17) is 9.47 Å². The SMILES string of the molecule is CCCCCCCCC(CCCCCC)COC(=O)CCCCCN(CCCCCC)C(=O)CCCCCCCN(CCCCCCCC(=O)N(CCCCCC)CCCCCC(=O)OCC(CCCCCC)CCCCCCCC)C1CCC(O)CC1. The van der Waals surface area contributed by atoms with Gasteiger partial charge in [-0.25, -0.2) is 0 Å². The van der Waals surface area contributed by atoms with Crippen molar-refractivity contribution < 1.29 is 33.8 Å². The summed E-state index contributed by atoms with van der Waals surface area (Å²) in [6.07, 6.45) is 62.6. The summed E-state index contributed by atoms with van der Waals surface area (Å²) >= 11 is 0. The van der Waals surface area contributed by atoms with Crippen LogP contribution >= 0.6 is 0 Å². The van der Waals surface area contributed by atoms with Crippen molar-refractivity contribution in [3.05, 3.63) is 0 Å². The fourth-order valence-corrected chi connectivity index (χ4v) is 13.5. The second kappa shape index (κ2) is 63.6. The molecule has 520 valence electrons. The van der Waals surface area contributed by atoms with E-state index in [0.717, 1.165) is 142 Å². The third-order valence-electron chi connectivity index (χ3n) is 19.6. The minimum Gasteiger partial charge on any atom is -0.465 e. The Morgan fingerprint density at radius 1 is 0.318 bits per heavy atom. The van der Waals surface area contributed by atoms with Gasteiger partial charge < -0.3 is 29.3 Å². The van der Waals surface area contributed by atoms with Gasteiger partial charge in [0.15, 0.2) is 0 Å². The van der Waals surface area contributed by atoms with Gasteiger partial charge in [0.25, 0.3) is 0 Å². The van der Waals surface area contributed by atoms with Crippen molar-refractivity contribution >= 4 is 23.8 Å². The lowest BCUT2D eigenvalue weighted by Crippen LogP contribution is -2.40. The number of aliphatic hydroxyl groups excluding tert-OH is 1. The number of aliphatic hydroxyl groups is 1. The predicted molar refractivity (Wildman–Crippen MR) is 376 cm³/mol. The van der Waals surface area contributed by atoms with Gasteiger partial charge in [0.2, 0.25) is 11.8 Å². The molecule has 1 aliphatic rings. The highest BCUT2D eigenvalue weighted by molar-refractivity contribution is 5.76. The van der Waals surface area contributed by atoms with Crippen LogP contribution in [-0.4, -0.2) is 108 Å². The summed E-state index contributed by atoms with van der Waals surface area (Å²) in [5.41, 5.74) is 0. The normalized spacial score (nSPS) is 15.0. The first-order valence-corrected chi connectivity index (χ1v) is 39.4. The van der Waals surface area contributed by atoms with Gasteiger partial charge in [-0.2, -0.15) is 0 Å². The molecule has 0 heterocycles. The minimum atomic E-state index is -0.144. The number of hydrogen-bond donors (Lipinski definition) is 1. The number of ether oxygens (including phenoxy) is 2. The van der Waals surface area contributed by atoms with Crippen LogP contribution in [-0.2, 0) is 28.7 Å². The molecule has 0 aliphatic heterocycles. The molecule has 0 aromatic carbocycles. The molecular weight excluding hydrogens is 1090 g/mol. The molecule has 10 heteroatoms. The first kappa shape index (κ1) is 83.8. The first-order chi connectivity index (χ1) is 43.1. The fourth-order valence-electron chi connectivity index (χ4n) is 13.5. The lowest BCUT2D eigenvalue weighted by Gasteiger charge is -2.36. The molecule has 2 atom stereocenters. The second-order valence-electron chi connectivity index (χ2n) is 27.9. The summed E-state index contributed by atoms with van der Waals surface area (Å²) in [6, 6.07) is 0.567. The Balaban J connectivity index is 2.49. The number of esters is 2. The molecule has 1 rings (SSSR count). The molecule has 0 bridgehead atoms. The van der Waals surface area contributed by atoms with E-state index >= 15 is 0 Å². The fraction of sp³-hybridized carbons (Fsp3) is 0.949. The Bertz CT molecular complexity index is 1440. The first-order valence-electron chi connectivity index (χ1n) is 39.4. The van der Waals surface area contributed by atoms with E-state index in [9.17, 15) is 24.3 Å². The van der Waals surface area contributed by atoms with E-state index in [1.165, 1.54) is 231 Å². The number of amides is 2. The number of unbranched alkanes of at least 4 members (excludes halogenated alkanes) is 34. The largest absolute Gasteiger partial charge is 0.465 e. The number of rotatable bonds is 67. The van der Waals surface area contributed by atoms with Crippen LogP contribution in [0.15, 0.2) is 0 Å². The number of carbonyl (C=O) groups excluding carboxylic acids is 4. The monoisotopic (exact) mass is 1240 g/mol. The highest BCUT2D eigenvalue weighted by Gasteiger charge is 2.25. The Kier molecular flexibility index (Phi) is 60.5. The predicted octanol–water partition coefficient (Wildman–Crippen LogP) is 22.0. The molecule has 0 radical (unpaired) electrons.